The first-order chi connectivity index (χ1) is 14.8. The fourth-order valence-corrected chi connectivity index (χ4v) is 3.61. The molecular formula is C24H35IN4O2. The summed E-state index contributed by atoms with van der Waals surface area (Å²) in [5.41, 5.74) is 2.44. The van der Waals surface area contributed by atoms with Crippen LogP contribution in [-0.2, 0) is 11.3 Å². The monoisotopic (exact) mass is 538 g/mol. The standard InChI is InChI=1S/C24H34N4O2.HI/c1-25-24(26-13-6-7-18-30-20-21-9-4-3-5-10-21)28-16-14-27(15-17-28)22-11-8-12-23(19-22)29-2;/h3-5,8-12,19H,6-7,13-18,20H2,1-2H3,(H,25,26);1H. The van der Waals surface area contributed by atoms with Crippen LogP contribution in [0, 0.1) is 0 Å². The molecule has 1 N–H and O–H groups in total. The molecule has 7 heteroatoms. The molecule has 0 aromatic heterocycles. The van der Waals surface area contributed by atoms with Crippen LogP contribution in [0.3, 0.4) is 0 Å². The summed E-state index contributed by atoms with van der Waals surface area (Å²) in [5.74, 6) is 1.89. The predicted molar refractivity (Wildman–Crippen MR) is 139 cm³/mol. The molecule has 1 heterocycles. The van der Waals surface area contributed by atoms with Crippen molar-refractivity contribution in [2.75, 3.05) is 58.4 Å². The van der Waals surface area contributed by atoms with Gasteiger partial charge in [0.25, 0.3) is 0 Å². The Labute approximate surface area is 203 Å². The highest BCUT2D eigenvalue weighted by Gasteiger charge is 2.19. The molecule has 1 aliphatic heterocycles. The van der Waals surface area contributed by atoms with Crippen LogP contribution < -0.4 is 15.0 Å². The molecule has 0 radical (unpaired) electrons. The third-order valence-electron chi connectivity index (χ3n) is 5.32. The Kier molecular flexibility index (Phi) is 11.5. The van der Waals surface area contributed by atoms with Crippen molar-refractivity contribution in [3.8, 4) is 5.75 Å². The minimum atomic E-state index is 0. The van der Waals surface area contributed by atoms with Crippen molar-refractivity contribution in [3.05, 3.63) is 60.2 Å². The second-order valence-corrected chi connectivity index (χ2v) is 7.39. The van der Waals surface area contributed by atoms with Crippen molar-refractivity contribution in [2.45, 2.75) is 19.4 Å². The van der Waals surface area contributed by atoms with Gasteiger partial charge < -0.3 is 24.6 Å². The highest BCUT2D eigenvalue weighted by atomic mass is 127. The van der Waals surface area contributed by atoms with E-state index >= 15 is 0 Å². The Balaban J connectivity index is 0.00000341. The number of halogens is 1. The highest BCUT2D eigenvalue weighted by Crippen LogP contribution is 2.22. The minimum absolute atomic E-state index is 0. The molecule has 1 saturated heterocycles. The number of piperazine rings is 1. The summed E-state index contributed by atoms with van der Waals surface area (Å²) in [6.45, 7) is 6.25. The number of unbranched alkanes of at least 4 members (excludes halogenated alkanes) is 1. The quantitative estimate of drug-likeness (QED) is 0.227. The molecule has 0 amide bonds. The summed E-state index contributed by atoms with van der Waals surface area (Å²) in [7, 11) is 3.57. The summed E-state index contributed by atoms with van der Waals surface area (Å²) >= 11 is 0. The average molecular weight is 538 g/mol. The fourth-order valence-electron chi connectivity index (χ4n) is 3.61. The Bertz CT molecular complexity index is 780. The van der Waals surface area contributed by atoms with Crippen LogP contribution in [0.1, 0.15) is 18.4 Å². The minimum Gasteiger partial charge on any atom is -0.497 e. The summed E-state index contributed by atoms with van der Waals surface area (Å²) < 4.78 is 11.1. The van der Waals surface area contributed by atoms with E-state index in [-0.39, 0.29) is 24.0 Å². The van der Waals surface area contributed by atoms with Gasteiger partial charge >= 0.3 is 0 Å². The Morgan fingerprint density at radius 2 is 1.77 bits per heavy atom. The molecule has 1 aliphatic rings. The van der Waals surface area contributed by atoms with E-state index in [0.717, 1.165) is 63.9 Å². The summed E-state index contributed by atoms with van der Waals surface area (Å²) in [6.07, 6.45) is 2.11. The molecule has 1 fully saturated rings. The van der Waals surface area contributed by atoms with Crippen LogP contribution in [0.2, 0.25) is 0 Å². The molecule has 0 unspecified atom stereocenters. The van der Waals surface area contributed by atoms with Crippen LogP contribution in [0.5, 0.6) is 5.75 Å². The van der Waals surface area contributed by atoms with Crippen molar-refractivity contribution >= 4 is 35.6 Å². The van der Waals surface area contributed by atoms with Gasteiger partial charge in [0.15, 0.2) is 5.96 Å². The smallest absolute Gasteiger partial charge is 0.193 e. The van der Waals surface area contributed by atoms with Crippen molar-refractivity contribution in [2.24, 2.45) is 4.99 Å². The van der Waals surface area contributed by atoms with Gasteiger partial charge in [0.2, 0.25) is 0 Å². The van der Waals surface area contributed by atoms with E-state index in [1.54, 1.807) is 7.11 Å². The summed E-state index contributed by atoms with van der Waals surface area (Å²) in [6, 6.07) is 18.6. The Morgan fingerprint density at radius 3 is 2.48 bits per heavy atom. The van der Waals surface area contributed by atoms with E-state index < -0.39 is 0 Å². The number of rotatable bonds is 9. The lowest BCUT2D eigenvalue weighted by atomic mass is 10.2. The first kappa shape index (κ1) is 25.3. The number of aliphatic imine (C=N–C) groups is 1. The van der Waals surface area contributed by atoms with E-state index in [4.69, 9.17) is 9.47 Å². The fraction of sp³-hybridized carbons (Fsp3) is 0.458. The molecule has 31 heavy (non-hydrogen) atoms. The third kappa shape index (κ3) is 8.22. The van der Waals surface area contributed by atoms with Crippen LogP contribution in [0.15, 0.2) is 59.6 Å². The van der Waals surface area contributed by atoms with Crippen LogP contribution in [0.4, 0.5) is 5.69 Å². The Morgan fingerprint density at radius 1 is 1.00 bits per heavy atom. The number of anilines is 1. The molecule has 2 aromatic carbocycles. The maximum atomic E-state index is 5.76. The predicted octanol–water partition coefficient (Wildman–Crippen LogP) is 4.01. The maximum absolute atomic E-state index is 5.76. The van der Waals surface area contributed by atoms with Gasteiger partial charge in [0.1, 0.15) is 5.75 Å². The van der Waals surface area contributed by atoms with Gasteiger partial charge in [-0.05, 0) is 30.5 Å². The summed E-state index contributed by atoms with van der Waals surface area (Å²) in [4.78, 5) is 9.21. The molecule has 170 valence electrons. The number of nitrogens with one attached hydrogen (secondary N) is 1. The molecule has 0 aliphatic carbocycles. The number of hydrogen-bond donors (Lipinski definition) is 1. The Hall–Kier alpha value is -2.00. The number of benzene rings is 2. The zero-order valence-corrected chi connectivity index (χ0v) is 21.0. The molecule has 0 bridgehead atoms. The molecule has 0 spiro atoms. The first-order valence-corrected chi connectivity index (χ1v) is 10.8. The van der Waals surface area contributed by atoms with Crippen molar-refractivity contribution in [1.82, 2.24) is 10.2 Å². The lowest BCUT2D eigenvalue weighted by Gasteiger charge is -2.37. The van der Waals surface area contributed by atoms with Gasteiger partial charge in [0.05, 0.1) is 13.7 Å². The number of guanidine groups is 1. The van der Waals surface area contributed by atoms with Gasteiger partial charge in [-0.25, -0.2) is 0 Å². The lowest BCUT2D eigenvalue weighted by Crippen LogP contribution is -2.52. The number of hydrogen-bond acceptors (Lipinski definition) is 4. The van der Waals surface area contributed by atoms with Gasteiger partial charge in [0, 0.05) is 58.1 Å². The second-order valence-electron chi connectivity index (χ2n) is 7.39. The number of nitrogens with zero attached hydrogens (tertiary/aromatic N) is 3. The molecule has 3 rings (SSSR count). The molecular weight excluding hydrogens is 503 g/mol. The topological polar surface area (TPSA) is 49.3 Å². The maximum Gasteiger partial charge on any atom is 0.193 e. The molecule has 0 atom stereocenters. The zero-order chi connectivity index (χ0) is 21.0. The molecule has 6 nitrogen and oxygen atoms in total. The zero-order valence-electron chi connectivity index (χ0n) is 18.6. The second kappa shape index (κ2) is 14.1. The molecule has 2 aromatic rings. The number of ether oxygens (including phenoxy) is 2. The summed E-state index contributed by atoms with van der Waals surface area (Å²) in [5, 5.41) is 3.50. The van der Waals surface area contributed by atoms with Gasteiger partial charge in [-0.3, -0.25) is 4.99 Å². The molecule has 0 saturated carbocycles. The average Bonchev–Trinajstić information content (AvgIpc) is 2.82. The van der Waals surface area contributed by atoms with Gasteiger partial charge in [-0.15, -0.1) is 24.0 Å². The van der Waals surface area contributed by atoms with E-state index in [0.29, 0.717) is 6.61 Å². The lowest BCUT2D eigenvalue weighted by molar-refractivity contribution is 0.117. The van der Waals surface area contributed by atoms with Crippen LogP contribution in [-0.4, -0.2) is 64.3 Å². The third-order valence-corrected chi connectivity index (χ3v) is 5.32. The van der Waals surface area contributed by atoms with Crippen LogP contribution >= 0.6 is 24.0 Å². The van der Waals surface area contributed by atoms with Crippen LogP contribution in [0.25, 0.3) is 0 Å². The van der Waals surface area contributed by atoms with E-state index in [1.807, 2.05) is 37.4 Å². The van der Waals surface area contributed by atoms with Gasteiger partial charge in [-0.1, -0.05) is 36.4 Å². The SMILES string of the molecule is CN=C(NCCCCOCc1ccccc1)N1CCN(c2cccc(OC)c2)CC1.I. The highest BCUT2D eigenvalue weighted by molar-refractivity contribution is 14.0. The van der Waals surface area contributed by atoms with Gasteiger partial charge in [-0.2, -0.15) is 0 Å². The van der Waals surface area contributed by atoms with E-state index in [2.05, 4.69) is 44.4 Å². The van der Waals surface area contributed by atoms with E-state index in [9.17, 15) is 0 Å². The number of methoxy groups -OCH3 is 1. The van der Waals surface area contributed by atoms with Crippen molar-refractivity contribution < 1.29 is 9.47 Å². The largest absolute Gasteiger partial charge is 0.497 e. The van der Waals surface area contributed by atoms with E-state index in [1.165, 1.54) is 11.3 Å². The normalized spacial score (nSPS) is 14.2. The first-order valence-electron chi connectivity index (χ1n) is 10.8. The van der Waals surface area contributed by atoms with Crippen molar-refractivity contribution in [3.63, 3.8) is 0 Å². The van der Waals surface area contributed by atoms with Crippen molar-refractivity contribution in [1.29, 1.82) is 0 Å².